The second-order valence-electron chi connectivity index (χ2n) is 6.53. The average molecular weight is 388 g/mol. The molecule has 0 aliphatic carbocycles. The molecule has 140 valence electrons. The number of nitrogens with zero attached hydrogens (tertiary/aromatic N) is 4. The van der Waals surface area contributed by atoms with E-state index in [1.165, 1.54) is 21.7 Å². The molecule has 0 saturated carbocycles. The van der Waals surface area contributed by atoms with Crippen LogP contribution in [0.25, 0.3) is 11.1 Å². The summed E-state index contributed by atoms with van der Waals surface area (Å²) in [6, 6.07) is 5.83. The molecule has 2 aliphatic rings. The number of carbonyl (C=O) groups excluding carboxylic acids is 3. The minimum atomic E-state index is -0.307. The Morgan fingerprint density at radius 3 is 2.70 bits per heavy atom. The lowest BCUT2D eigenvalue weighted by Crippen LogP contribution is -2.42. The molecule has 2 aromatic rings. The van der Waals surface area contributed by atoms with E-state index in [1.54, 1.807) is 29.4 Å². The van der Waals surface area contributed by atoms with Gasteiger partial charge >= 0.3 is 0 Å². The van der Waals surface area contributed by atoms with Crippen LogP contribution in [0.3, 0.4) is 0 Å². The van der Waals surface area contributed by atoms with Crippen molar-refractivity contribution in [3.05, 3.63) is 42.5 Å². The van der Waals surface area contributed by atoms with Gasteiger partial charge in [0, 0.05) is 24.8 Å². The lowest BCUT2D eigenvalue weighted by Gasteiger charge is -2.21. The zero-order valence-electron chi connectivity index (χ0n) is 14.4. The second-order valence-corrected chi connectivity index (χ2v) is 7.46. The smallest absolute Gasteiger partial charge is 0.289 e. The molecular formula is C18H17FN4O3S. The Hall–Kier alpha value is -2.68. The van der Waals surface area contributed by atoms with Crippen LogP contribution in [0.5, 0.6) is 0 Å². The minimum absolute atomic E-state index is 0.0740. The Morgan fingerprint density at radius 2 is 2.00 bits per heavy atom. The summed E-state index contributed by atoms with van der Waals surface area (Å²) in [7, 11) is 0. The van der Waals surface area contributed by atoms with E-state index in [0.29, 0.717) is 19.5 Å². The number of aromatic nitrogens is 2. The summed E-state index contributed by atoms with van der Waals surface area (Å²) in [4.78, 5) is 39.2. The molecule has 4 rings (SSSR count). The van der Waals surface area contributed by atoms with E-state index in [0.717, 1.165) is 22.9 Å². The molecule has 2 aliphatic heterocycles. The molecule has 2 saturated heterocycles. The molecule has 1 aromatic heterocycles. The van der Waals surface area contributed by atoms with Crippen LogP contribution in [0, 0.1) is 5.82 Å². The van der Waals surface area contributed by atoms with Gasteiger partial charge in [-0.3, -0.25) is 24.0 Å². The maximum Gasteiger partial charge on any atom is 0.289 e. The molecule has 0 radical (unpaired) electrons. The first kappa shape index (κ1) is 17.7. The fraction of sp³-hybridized carbons (Fsp3) is 0.333. The molecule has 1 unspecified atom stereocenters. The molecule has 1 atom stereocenters. The molecule has 7 nitrogen and oxygen atoms in total. The van der Waals surface area contributed by atoms with E-state index in [4.69, 9.17) is 0 Å². The van der Waals surface area contributed by atoms with Gasteiger partial charge in [-0.1, -0.05) is 23.9 Å². The Balaban J connectivity index is 1.38. The van der Waals surface area contributed by atoms with Gasteiger partial charge < -0.3 is 4.90 Å². The van der Waals surface area contributed by atoms with Gasteiger partial charge in [-0.2, -0.15) is 5.10 Å². The van der Waals surface area contributed by atoms with Crippen LogP contribution in [0.1, 0.15) is 6.42 Å². The summed E-state index contributed by atoms with van der Waals surface area (Å²) in [6.07, 6.45) is 3.97. The third kappa shape index (κ3) is 3.59. The summed E-state index contributed by atoms with van der Waals surface area (Å²) in [6.45, 7) is 0.949. The number of hydrogen-bond donors (Lipinski definition) is 0. The predicted molar refractivity (Wildman–Crippen MR) is 97.3 cm³/mol. The van der Waals surface area contributed by atoms with E-state index in [-0.39, 0.29) is 41.2 Å². The van der Waals surface area contributed by atoms with Crippen LogP contribution >= 0.6 is 11.8 Å². The van der Waals surface area contributed by atoms with Gasteiger partial charge in [0.15, 0.2) is 0 Å². The molecule has 0 bridgehead atoms. The van der Waals surface area contributed by atoms with E-state index in [9.17, 15) is 18.8 Å². The second kappa shape index (κ2) is 7.15. The van der Waals surface area contributed by atoms with Crippen molar-refractivity contribution in [1.82, 2.24) is 19.6 Å². The highest BCUT2D eigenvalue weighted by atomic mass is 32.2. The Kier molecular flexibility index (Phi) is 4.69. The quantitative estimate of drug-likeness (QED) is 0.801. The largest absolute Gasteiger partial charge is 0.339 e. The highest BCUT2D eigenvalue weighted by molar-refractivity contribution is 8.14. The third-order valence-electron chi connectivity index (χ3n) is 4.77. The molecule has 0 N–H and O–H groups in total. The van der Waals surface area contributed by atoms with E-state index in [1.807, 2.05) is 0 Å². The summed E-state index contributed by atoms with van der Waals surface area (Å²) < 4.78 is 14.6. The van der Waals surface area contributed by atoms with Gasteiger partial charge in [0.25, 0.3) is 5.24 Å². The normalized spacial score (nSPS) is 20.0. The summed E-state index contributed by atoms with van der Waals surface area (Å²) in [5.41, 5.74) is 1.62. The maximum absolute atomic E-state index is 13.0. The number of thioether (sulfide) groups is 1. The maximum atomic E-state index is 13.0. The van der Waals surface area contributed by atoms with Crippen molar-refractivity contribution in [3.63, 3.8) is 0 Å². The number of hydrogen-bond acceptors (Lipinski definition) is 5. The molecule has 1 aromatic carbocycles. The number of benzene rings is 1. The minimum Gasteiger partial charge on any atom is -0.339 e. The molecule has 3 heterocycles. The Bertz CT molecular complexity index is 882. The first-order valence-corrected chi connectivity index (χ1v) is 9.55. The Labute approximate surface area is 159 Å². The van der Waals surface area contributed by atoms with E-state index in [2.05, 4.69) is 5.10 Å². The number of rotatable bonds is 4. The van der Waals surface area contributed by atoms with Crippen LogP contribution < -0.4 is 0 Å². The molecule has 2 fully saturated rings. The van der Waals surface area contributed by atoms with Gasteiger partial charge in [0.2, 0.25) is 11.8 Å². The van der Waals surface area contributed by atoms with Crippen LogP contribution in [-0.2, 0) is 16.1 Å². The highest BCUT2D eigenvalue weighted by Crippen LogP contribution is 2.26. The van der Waals surface area contributed by atoms with Gasteiger partial charge in [0.1, 0.15) is 12.4 Å². The van der Waals surface area contributed by atoms with Gasteiger partial charge in [-0.15, -0.1) is 0 Å². The highest BCUT2D eigenvalue weighted by Gasteiger charge is 2.40. The third-order valence-corrected chi connectivity index (χ3v) is 5.61. The van der Waals surface area contributed by atoms with Crippen molar-refractivity contribution < 1.29 is 18.8 Å². The molecule has 0 spiro atoms. The van der Waals surface area contributed by atoms with Gasteiger partial charge in [0.05, 0.1) is 18.0 Å². The van der Waals surface area contributed by atoms with E-state index >= 15 is 0 Å². The molecule has 27 heavy (non-hydrogen) atoms. The van der Waals surface area contributed by atoms with Crippen molar-refractivity contribution in [3.8, 4) is 11.1 Å². The first-order valence-electron chi connectivity index (χ1n) is 8.56. The van der Waals surface area contributed by atoms with Crippen molar-refractivity contribution in [2.24, 2.45) is 0 Å². The van der Waals surface area contributed by atoms with Crippen molar-refractivity contribution in [2.45, 2.75) is 19.0 Å². The van der Waals surface area contributed by atoms with Crippen molar-refractivity contribution >= 4 is 28.8 Å². The predicted octanol–water partition coefficient (Wildman–Crippen LogP) is 1.99. The summed E-state index contributed by atoms with van der Waals surface area (Å²) in [5, 5.41) is 3.97. The number of amides is 3. The molecule has 9 heteroatoms. The number of carbonyl (C=O) groups is 3. The zero-order chi connectivity index (χ0) is 19.0. The number of imide groups is 1. The van der Waals surface area contributed by atoms with E-state index < -0.39 is 0 Å². The molecule has 3 amide bonds. The topological polar surface area (TPSA) is 75.5 Å². The van der Waals surface area contributed by atoms with Gasteiger partial charge in [-0.05, 0) is 24.1 Å². The molecular weight excluding hydrogens is 371 g/mol. The SMILES string of the molecule is O=C(Cn1cc(-c2ccc(F)cc2)cn1)N1CCC(N2C(=O)CSC2=O)C1. The van der Waals surface area contributed by atoms with Crippen molar-refractivity contribution in [1.29, 1.82) is 0 Å². The summed E-state index contributed by atoms with van der Waals surface area (Å²) >= 11 is 1.01. The van der Waals surface area contributed by atoms with Crippen LogP contribution in [0.4, 0.5) is 9.18 Å². The number of likely N-dealkylation sites (tertiary alicyclic amines) is 1. The van der Waals surface area contributed by atoms with Crippen LogP contribution in [-0.4, -0.2) is 61.5 Å². The monoisotopic (exact) mass is 388 g/mol. The first-order chi connectivity index (χ1) is 13.0. The Morgan fingerprint density at radius 1 is 1.22 bits per heavy atom. The standard InChI is InChI=1S/C18H17FN4O3S/c19-14-3-1-12(2-4-14)13-7-20-22(8-13)10-16(24)21-6-5-15(9-21)23-17(25)11-27-18(23)26/h1-4,7-8,15H,5-6,9-11H2. The van der Waals surface area contributed by atoms with Crippen molar-refractivity contribution in [2.75, 3.05) is 18.8 Å². The lowest BCUT2D eigenvalue weighted by molar-refractivity contribution is -0.132. The van der Waals surface area contributed by atoms with Gasteiger partial charge in [-0.25, -0.2) is 4.39 Å². The van der Waals surface area contributed by atoms with Crippen LogP contribution in [0.2, 0.25) is 0 Å². The number of halogens is 1. The van der Waals surface area contributed by atoms with Crippen LogP contribution in [0.15, 0.2) is 36.7 Å². The fourth-order valence-corrected chi connectivity index (χ4v) is 4.15. The lowest BCUT2D eigenvalue weighted by atomic mass is 10.1. The zero-order valence-corrected chi connectivity index (χ0v) is 15.2. The fourth-order valence-electron chi connectivity index (χ4n) is 3.38. The summed E-state index contributed by atoms with van der Waals surface area (Å²) in [5.74, 6) is -0.417. The average Bonchev–Trinajstić information content (AvgIpc) is 3.36.